The van der Waals surface area contributed by atoms with Crippen molar-refractivity contribution in [2.45, 2.75) is 32.2 Å². The lowest BCUT2D eigenvalue weighted by molar-refractivity contribution is -0.137. The van der Waals surface area contributed by atoms with E-state index in [-0.39, 0.29) is 0 Å². The zero-order valence-electron chi connectivity index (χ0n) is 11.5. The van der Waals surface area contributed by atoms with Gasteiger partial charge in [-0.2, -0.15) is 0 Å². The van der Waals surface area contributed by atoms with E-state index in [2.05, 4.69) is 24.1 Å². The summed E-state index contributed by atoms with van der Waals surface area (Å²) in [6, 6.07) is 8.94. The van der Waals surface area contributed by atoms with E-state index in [9.17, 15) is 9.90 Å². The first-order valence-electron chi connectivity index (χ1n) is 6.55. The average molecular weight is 290 g/mol. The quantitative estimate of drug-likeness (QED) is 0.856. The normalized spacial score (nSPS) is 12.3. The zero-order chi connectivity index (χ0) is 14.5. The van der Waals surface area contributed by atoms with Crippen molar-refractivity contribution in [2.75, 3.05) is 5.32 Å². The highest BCUT2D eigenvalue weighted by molar-refractivity contribution is 7.15. The Morgan fingerprint density at radius 3 is 2.60 bits per heavy atom. The Hall–Kier alpha value is -1.88. The number of hydrogen-bond acceptors (Lipinski definition) is 4. The van der Waals surface area contributed by atoms with Gasteiger partial charge >= 0.3 is 5.97 Å². The third-order valence-electron chi connectivity index (χ3n) is 2.97. The van der Waals surface area contributed by atoms with E-state index in [1.54, 1.807) is 6.20 Å². The highest BCUT2D eigenvalue weighted by Gasteiger charge is 2.19. The lowest BCUT2D eigenvalue weighted by Gasteiger charge is -2.13. The molecule has 4 nitrogen and oxygen atoms in total. The number of aromatic nitrogens is 1. The Kier molecular flexibility index (Phi) is 4.74. The summed E-state index contributed by atoms with van der Waals surface area (Å²) in [5, 5.41) is 13.0. The van der Waals surface area contributed by atoms with E-state index in [1.165, 1.54) is 11.3 Å². The summed E-state index contributed by atoms with van der Waals surface area (Å²) in [7, 11) is 0. The lowest BCUT2D eigenvalue weighted by atomic mass is 10.1. The van der Waals surface area contributed by atoms with E-state index in [4.69, 9.17) is 0 Å². The Morgan fingerprint density at radius 1 is 1.35 bits per heavy atom. The summed E-state index contributed by atoms with van der Waals surface area (Å²) in [6.45, 7) is 4.19. The smallest absolute Gasteiger partial charge is 0.326 e. The average Bonchev–Trinajstić information content (AvgIpc) is 2.88. The zero-order valence-corrected chi connectivity index (χ0v) is 12.4. The Morgan fingerprint density at radius 2 is 2.05 bits per heavy atom. The third kappa shape index (κ3) is 3.81. The molecule has 0 bridgehead atoms. The van der Waals surface area contributed by atoms with E-state index in [0.29, 0.717) is 17.5 Å². The molecule has 1 atom stereocenters. The minimum Gasteiger partial charge on any atom is -0.480 e. The molecule has 0 fully saturated rings. The summed E-state index contributed by atoms with van der Waals surface area (Å²) in [6.07, 6.45) is 2.24. The van der Waals surface area contributed by atoms with Crippen molar-refractivity contribution in [1.29, 1.82) is 0 Å². The number of aliphatic carboxylic acids is 1. The molecule has 2 rings (SSSR count). The van der Waals surface area contributed by atoms with Crippen LogP contribution in [0.1, 0.15) is 30.2 Å². The Balaban J connectivity index is 2.07. The molecule has 0 unspecified atom stereocenters. The molecule has 0 aliphatic carbocycles. The third-order valence-corrected chi connectivity index (χ3v) is 4.20. The van der Waals surface area contributed by atoms with Crippen LogP contribution in [0.2, 0.25) is 0 Å². The molecule has 0 saturated carbocycles. The van der Waals surface area contributed by atoms with Crippen LogP contribution in [0.25, 0.3) is 0 Å². The van der Waals surface area contributed by atoms with Gasteiger partial charge in [0.25, 0.3) is 0 Å². The number of nitrogens with one attached hydrogen (secondary N) is 1. The van der Waals surface area contributed by atoms with Crippen molar-refractivity contribution >= 4 is 22.4 Å². The van der Waals surface area contributed by atoms with Crippen LogP contribution in [0.3, 0.4) is 0 Å². The van der Waals surface area contributed by atoms with Crippen molar-refractivity contribution in [3.05, 3.63) is 47.0 Å². The lowest BCUT2D eigenvalue weighted by Crippen LogP contribution is -2.31. The number of carboxylic acids is 1. The van der Waals surface area contributed by atoms with E-state index in [0.717, 1.165) is 10.4 Å². The maximum absolute atomic E-state index is 11.4. The molecule has 0 saturated heterocycles. The summed E-state index contributed by atoms with van der Waals surface area (Å²) in [5.41, 5.74) is 0.994. The minimum absolute atomic E-state index is 0.403. The minimum atomic E-state index is -0.866. The molecule has 0 radical (unpaired) electrons. The fraction of sp³-hybridized carbons (Fsp3) is 0.333. The fourth-order valence-corrected chi connectivity index (χ4v) is 2.69. The van der Waals surface area contributed by atoms with Gasteiger partial charge in [0.05, 0.1) is 0 Å². The number of anilines is 1. The van der Waals surface area contributed by atoms with Gasteiger partial charge in [-0.3, -0.25) is 0 Å². The Labute approximate surface area is 122 Å². The predicted octanol–water partition coefficient (Wildman–Crippen LogP) is 3.37. The second kappa shape index (κ2) is 6.52. The van der Waals surface area contributed by atoms with Crippen molar-refractivity contribution in [1.82, 2.24) is 4.98 Å². The van der Waals surface area contributed by atoms with Crippen LogP contribution in [-0.4, -0.2) is 22.1 Å². The molecule has 5 heteroatoms. The second-order valence-corrected chi connectivity index (χ2v) is 6.01. The fourth-order valence-electron chi connectivity index (χ4n) is 1.82. The molecule has 0 aliphatic heterocycles. The predicted molar refractivity (Wildman–Crippen MR) is 81.4 cm³/mol. The van der Waals surface area contributed by atoms with Gasteiger partial charge in [0.15, 0.2) is 5.13 Å². The van der Waals surface area contributed by atoms with Crippen LogP contribution in [0.4, 0.5) is 5.13 Å². The standard InChI is InChI=1S/C15H18N2O2S/c1-10(2)13-9-16-15(20-13)17-12(14(18)19)8-11-6-4-3-5-7-11/h3-7,9-10,12H,8H2,1-2H3,(H,16,17)(H,18,19)/t12-/m1/s1. The first kappa shape index (κ1) is 14.5. The molecule has 1 aromatic carbocycles. The van der Waals surface area contributed by atoms with Crippen molar-refractivity contribution in [2.24, 2.45) is 0 Å². The Bertz CT molecular complexity index is 566. The van der Waals surface area contributed by atoms with Crippen LogP contribution in [0.5, 0.6) is 0 Å². The molecule has 0 amide bonds. The number of rotatable bonds is 6. The van der Waals surface area contributed by atoms with Crippen LogP contribution in [-0.2, 0) is 11.2 Å². The van der Waals surface area contributed by atoms with E-state index < -0.39 is 12.0 Å². The van der Waals surface area contributed by atoms with Crippen LogP contribution >= 0.6 is 11.3 Å². The molecule has 20 heavy (non-hydrogen) atoms. The summed E-state index contributed by atoms with van der Waals surface area (Å²) in [4.78, 5) is 16.8. The highest BCUT2D eigenvalue weighted by Crippen LogP contribution is 2.25. The van der Waals surface area contributed by atoms with Crippen LogP contribution in [0, 0.1) is 0 Å². The number of thiazole rings is 1. The largest absolute Gasteiger partial charge is 0.480 e. The highest BCUT2D eigenvalue weighted by atomic mass is 32.1. The SMILES string of the molecule is CC(C)c1cnc(N[C@H](Cc2ccccc2)C(=O)O)s1. The molecule has 2 N–H and O–H groups in total. The first-order valence-corrected chi connectivity index (χ1v) is 7.37. The number of benzene rings is 1. The molecule has 0 aliphatic rings. The maximum Gasteiger partial charge on any atom is 0.326 e. The van der Waals surface area contributed by atoms with E-state index in [1.807, 2.05) is 30.3 Å². The van der Waals surface area contributed by atoms with Gasteiger partial charge in [-0.15, -0.1) is 11.3 Å². The molecule has 0 spiro atoms. The number of nitrogens with zero attached hydrogens (tertiary/aromatic N) is 1. The van der Waals surface area contributed by atoms with Gasteiger partial charge < -0.3 is 10.4 Å². The summed E-state index contributed by atoms with van der Waals surface area (Å²) < 4.78 is 0. The summed E-state index contributed by atoms with van der Waals surface area (Å²) >= 11 is 1.51. The van der Waals surface area contributed by atoms with Crippen molar-refractivity contribution in [3.8, 4) is 0 Å². The van der Waals surface area contributed by atoms with Gasteiger partial charge in [0, 0.05) is 17.5 Å². The van der Waals surface area contributed by atoms with Crippen LogP contribution < -0.4 is 5.32 Å². The molecule has 2 aromatic rings. The van der Waals surface area contributed by atoms with Gasteiger partial charge in [-0.25, -0.2) is 9.78 Å². The maximum atomic E-state index is 11.4. The summed E-state index contributed by atoms with van der Waals surface area (Å²) in [5.74, 6) is -0.462. The van der Waals surface area contributed by atoms with Gasteiger partial charge in [-0.05, 0) is 11.5 Å². The van der Waals surface area contributed by atoms with Crippen molar-refractivity contribution < 1.29 is 9.90 Å². The number of carboxylic acid groups (broad SMARTS) is 1. The topological polar surface area (TPSA) is 62.2 Å². The van der Waals surface area contributed by atoms with Crippen molar-refractivity contribution in [3.63, 3.8) is 0 Å². The van der Waals surface area contributed by atoms with Gasteiger partial charge in [-0.1, -0.05) is 44.2 Å². The van der Waals surface area contributed by atoms with Gasteiger partial charge in [0.2, 0.25) is 0 Å². The molecular formula is C15H18N2O2S. The molecule has 1 aromatic heterocycles. The monoisotopic (exact) mass is 290 g/mol. The molecule has 106 valence electrons. The number of hydrogen-bond donors (Lipinski definition) is 2. The van der Waals surface area contributed by atoms with Gasteiger partial charge in [0.1, 0.15) is 6.04 Å². The molecule has 1 heterocycles. The van der Waals surface area contributed by atoms with Crippen LogP contribution in [0.15, 0.2) is 36.5 Å². The molecular weight excluding hydrogens is 272 g/mol. The van der Waals surface area contributed by atoms with E-state index >= 15 is 0 Å². The second-order valence-electron chi connectivity index (χ2n) is 4.95. The first-order chi connectivity index (χ1) is 9.56. The number of carbonyl (C=O) groups is 1.